The van der Waals surface area contributed by atoms with Crippen LogP contribution < -0.4 is 0 Å². The van der Waals surface area contributed by atoms with Crippen molar-refractivity contribution in [2.75, 3.05) is 0 Å². The normalized spacial score (nSPS) is 10.6. The van der Waals surface area contributed by atoms with Crippen LogP contribution >= 0.6 is 0 Å². The second kappa shape index (κ2) is 8.92. The fourth-order valence-electron chi connectivity index (χ4n) is 1.55. The van der Waals surface area contributed by atoms with Crippen LogP contribution in [0.2, 0.25) is 0 Å². The van der Waals surface area contributed by atoms with E-state index in [2.05, 4.69) is 74.5 Å². The number of allylic oxidation sites excluding steroid dienone is 2. The SMILES string of the molecule is CC=CC.Cc1ccc(/C=C/c2ccc(C)cc2)cc1. The Hall–Kier alpha value is -2.08. The van der Waals surface area contributed by atoms with Crippen molar-refractivity contribution in [3.63, 3.8) is 0 Å². The zero-order valence-corrected chi connectivity index (χ0v) is 12.9. The van der Waals surface area contributed by atoms with Crippen molar-refractivity contribution < 1.29 is 0 Å². The Morgan fingerprint density at radius 3 is 1.10 bits per heavy atom. The molecule has 0 N–H and O–H groups in total. The van der Waals surface area contributed by atoms with Crippen molar-refractivity contribution in [3.05, 3.63) is 82.9 Å². The van der Waals surface area contributed by atoms with Gasteiger partial charge in [0.25, 0.3) is 0 Å². The van der Waals surface area contributed by atoms with E-state index in [0.29, 0.717) is 0 Å². The van der Waals surface area contributed by atoms with E-state index in [1.807, 2.05) is 26.0 Å². The summed E-state index contributed by atoms with van der Waals surface area (Å²) in [5.74, 6) is 0. The van der Waals surface area contributed by atoms with E-state index in [4.69, 9.17) is 0 Å². The number of aryl methyl sites for hydroxylation is 2. The van der Waals surface area contributed by atoms with E-state index in [1.165, 1.54) is 22.3 Å². The molecule has 0 fully saturated rings. The zero-order valence-electron chi connectivity index (χ0n) is 12.9. The Balaban J connectivity index is 0.000000444. The van der Waals surface area contributed by atoms with E-state index in [-0.39, 0.29) is 0 Å². The van der Waals surface area contributed by atoms with Crippen LogP contribution in [0, 0.1) is 13.8 Å². The zero-order chi connectivity index (χ0) is 14.8. The van der Waals surface area contributed by atoms with Crippen LogP contribution in [0.1, 0.15) is 36.1 Å². The van der Waals surface area contributed by atoms with E-state index in [0.717, 1.165) is 0 Å². The summed E-state index contributed by atoms with van der Waals surface area (Å²) in [5.41, 5.74) is 5.08. The number of hydrogen-bond donors (Lipinski definition) is 0. The predicted octanol–water partition coefficient (Wildman–Crippen LogP) is 6.06. The van der Waals surface area contributed by atoms with Gasteiger partial charge in [-0.2, -0.15) is 0 Å². The van der Waals surface area contributed by atoms with E-state index < -0.39 is 0 Å². The summed E-state index contributed by atoms with van der Waals surface area (Å²) in [4.78, 5) is 0. The molecule has 0 bridgehead atoms. The largest absolute Gasteiger partial charge is 0.0919 e. The van der Waals surface area contributed by atoms with Gasteiger partial charge in [-0.3, -0.25) is 0 Å². The molecule has 0 aliphatic rings. The van der Waals surface area contributed by atoms with Gasteiger partial charge < -0.3 is 0 Å². The summed E-state index contributed by atoms with van der Waals surface area (Å²) in [6.45, 7) is 8.21. The molecular formula is C20H24. The third-order valence-corrected chi connectivity index (χ3v) is 2.96. The topological polar surface area (TPSA) is 0 Å². The smallest absolute Gasteiger partial charge is 0.0256 e. The van der Waals surface area contributed by atoms with Gasteiger partial charge in [0.2, 0.25) is 0 Å². The first-order valence-electron chi connectivity index (χ1n) is 7.04. The minimum Gasteiger partial charge on any atom is -0.0919 e. The van der Waals surface area contributed by atoms with Gasteiger partial charge >= 0.3 is 0 Å². The second-order valence-electron chi connectivity index (χ2n) is 4.82. The molecule has 104 valence electrons. The van der Waals surface area contributed by atoms with Crippen LogP contribution in [0.15, 0.2) is 60.7 Å². The van der Waals surface area contributed by atoms with Gasteiger partial charge in [-0.15, -0.1) is 0 Å². The summed E-state index contributed by atoms with van der Waals surface area (Å²) in [6, 6.07) is 17.1. The molecule has 0 nitrogen and oxygen atoms in total. The van der Waals surface area contributed by atoms with Crippen molar-refractivity contribution in [1.82, 2.24) is 0 Å². The minimum atomic E-state index is 1.24. The first kappa shape index (κ1) is 16.0. The summed E-state index contributed by atoms with van der Waals surface area (Å²) >= 11 is 0. The Kier molecular flexibility index (Phi) is 7.13. The molecule has 0 unspecified atom stereocenters. The molecule has 2 aromatic rings. The predicted molar refractivity (Wildman–Crippen MR) is 91.8 cm³/mol. The molecule has 0 spiro atoms. The van der Waals surface area contributed by atoms with Gasteiger partial charge in [0.1, 0.15) is 0 Å². The molecule has 0 aromatic heterocycles. The summed E-state index contributed by atoms with van der Waals surface area (Å²) in [7, 11) is 0. The van der Waals surface area contributed by atoms with Crippen LogP contribution in [0.25, 0.3) is 12.2 Å². The highest BCUT2D eigenvalue weighted by Crippen LogP contribution is 2.10. The highest BCUT2D eigenvalue weighted by molar-refractivity contribution is 5.69. The third kappa shape index (κ3) is 6.19. The van der Waals surface area contributed by atoms with Crippen molar-refractivity contribution in [2.24, 2.45) is 0 Å². The maximum atomic E-state index is 2.14. The highest BCUT2D eigenvalue weighted by Gasteiger charge is 1.88. The lowest BCUT2D eigenvalue weighted by Gasteiger charge is -1.96. The first-order chi connectivity index (χ1) is 9.65. The first-order valence-corrected chi connectivity index (χ1v) is 7.04. The summed E-state index contributed by atoms with van der Waals surface area (Å²) in [6.07, 6.45) is 8.29. The van der Waals surface area contributed by atoms with E-state index in [9.17, 15) is 0 Å². The molecule has 0 radical (unpaired) electrons. The van der Waals surface area contributed by atoms with Gasteiger partial charge in [0.15, 0.2) is 0 Å². The number of benzene rings is 2. The number of hydrogen-bond acceptors (Lipinski definition) is 0. The maximum absolute atomic E-state index is 2.14. The molecule has 0 aliphatic carbocycles. The molecule has 20 heavy (non-hydrogen) atoms. The Morgan fingerprint density at radius 2 is 0.850 bits per heavy atom. The number of rotatable bonds is 2. The monoisotopic (exact) mass is 264 g/mol. The van der Waals surface area contributed by atoms with Gasteiger partial charge in [-0.25, -0.2) is 0 Å². The molecule has 0 saturated heterocycles. The van der Waals surface area contributed by atoms with Crippen molar-refractivity contribution in [1.29, 1.82) is 0 Å². The Morgan fingerprint density at radius 1 is 0.550 bits per heavy atom. The maximum Gasteiger partial charge on any atom is -0.0256 e. The molecule has 2 rings (SSSR count). The Bertz CT molecular complexity index is 488. The fourth-order valence-corrected chi connectivity index (χ4v) is 1.55. The third-order valence-electron chi connectivity index (χ3n) is 2.96. The average molecular weight is 264 g/mol. The van der Waals surface area contributed by atoms with Crippen LogP contribution in [-0.2, 0) is 0 Å². The lowest BCUT2D eigenvalue weighted by molar-refractivity contribution is 1.46. The molecule has 0 heterocycles. The molecule has 0 amide bonds. The quantitative estimate of drug-likeness (QED) is 0.457. The molecule has 0 aliphatic heterocycles. The van der Waals surface area contributed by atoms with Gasteiger partial charge in [-0.1, -0.05) is 84.0 Å². The Labute approximate surface area is 123 Å². The summed E-state index contributed by atoms with van der Waals surface area (Å²) in [5, 5.41) is 0. The van der Waals surface area contributed by atoms with Crippen LogP contribution in [0.4, 0.5) is 0 Å². The fraction of sp³-hybridized carbons (Fsp3) is 0.200. The molecular weight excluding hydrogens is 240 g/mol. The van der Waals surface area contributed by atoms with Crippen LogP contribution in [0.5, 0.6) is 0 Å². The lowest BCUT2D eigenvalue weighted by Crippen LogP contribution is -1.75. The van der Waals surface area contributed by atoms with Crippen molar-refractivity contribution >= 4 is 12.2 Å². The van der Waals surface area contributed by atoms with E-state index in [1.54, 1.807) is 0 Å². The van der Waals surface area contributed by atoms with E-state index >= 15 is 0 Å². The molecule has 2 aromatic carbocycles. The van der Waals surface area contributed by atoms with Gasteiger partial charge in [0, 0.05) is 0 Å². The molecule has 0 saturated carbocycles. The summed E-state index contributed by atoms with van der Waals surface area (Å²) < 4.78 is 0. The standard InChI is InChI=1S/C16H16.C4H8/c1-13-3-7-15(8-4-13)11-12-16-9-5-14(2)6-10-16;1-3-4-2/h3-12H,1-2H3;3-4H,1-2H3/b12-11+;. The average Bonchev–Trinajstić information content (AvgIpc) is 2.48. The van der Waals surface area contributed by atoms with Crippen molar-refractivity contribution in [3.8, 4) is 0 Å². The minimum absolute atomic E-state index is 1.24. The highest BCUT2D eigenvalue weighted by atomic mass is 13.9. The van der Waals surface area contributed by atoms with Crippen molar-refractivity contribution in [2.45, 2.75) is 27.7 Å². The molecule has 0 atom stereocenters. The molecule has 0 heteroatoms. The second-order valence-corrected chi connectivity index (χ2v) is 4.82. The van der Waals surface area contributed by atoms with Crippen LogP contribution in [-0.4, -0.2) is 0 Å². The van der Waals surface area contributed by atoms with Crippen LogP contribution in [0.3, 0.4) is 0 Å². The lowest BCUT2D eigenvalue weighted by atomic mass is 10.1. The van der Waals surface area contributed by atoms with Gasteiger partial charge in [-0.05, 0) is 38.8 Å². The van der Waals surface area contributed by atoms with Gasteiger partial charge in [0.05, 0.1) is 0 Å².